The normalized spacial score (nSPS) is 16.9. The Morgan fingerprint density at radius 2 is 2.00 bits per heavy atom. The van der Waals surface area contributed by atoms with Crippen molar-refractivity contribution >= 4 is 21.8 Å². The Morgan fingerprint density at radius 1 is 1.20 bits per heavy atom. The van der Waals surface area contributed by atoms with Crippen LogP contribution in [-0.4, -0.2) is 64.0 Å². The first-order valence-electron chi connectivity index (χ1n) is 6.71. The lowest BCUT2D eigenvalue weighted by molar-refractivity contribution is 0.0758. The summed E-state index contributed by atoms with van der Waals surface area (Å²) in [5.41, 5.74) is 0.166. The number of halogens is 1. The number of hydrogen-bond donors (Lipinski definition) is 2. The van der Waals surface area contributed by atoms with Gasteiger partial charge >= 0.3 is 0 Å². The van der Waals surface area contributed by atoms with Gasteiger partial charge in [0, 0.05) is 31.5 Å². The van der Waals surface area contributed by atoms with Gasteiger partial charge in [-0.25, -0.2) is 0 Å². The van der Waals surface area contributed by atoms with Crippen molar-refractivity contribution in [3.8, 4) is 11.5 Å². The monoisotopic (exact) mass is 342 g/mol. The van der Waals surface area contributed by atoms with Gasteiger partial charge < -0.3 is 20.0 Å². The largest absolute Gasteiger partial charge is 0.508 e. The Morgan fingerprint density at radius 3 is 2.75 bits per heavy atom. The minimum Gasteiger partial charge on any atom is -0.508 e. The molecule has 0 atom stereocenters. The van der Waals surface area contributed by atoms with Gasteiger partial charge in [0.25, 0.3) is 5.91 Å². The van der Waals surface area contributed by atoms with Gasteiger partial charge in [0.2, 0.25) is 0 Å². The fourth-order valence-corrected chi connectivity index (χ4v) is 2.88. The van der Waals surface area contributed by atoms with E-state index >= 15 is 0 Å². The highest BCUT2D eigenvalue weighted by atomic mass is 79.9. The average Bonchev–Trinajstić information content (AvgIpc) is 2.67. The van der Waals surface area contributed by atoms with Gasteiger partial charge in [-0.3, -0.25) is 4.79 Å². The van der Waals surface area contributed by atoms with Crippen LogP contribution in [-0.2, 0) is 0 Å². The zero-order valence-electron chi connectivity index (χ0n) is 11.3. The van der Waals surface area contributed by atoms with Crippen molar-refractivity contribution in [2.75, 3.05) is 38.1 Å². The van der Waals surface area contributed by atoms with Crippen LogP contribution < -0.4 is 0 Å². The Balaban J connectivity index is 2.07. The molecule has 0 unspecified atom stereocenters. The first-order valence-corrected chi connectivity index (χ1v) is 7.83. The molecular weight excluding hydrogens is 324 g/mol. The predicted molar refractivity (Wildman–Crippen MR) is 80.5 cm³/mol. The second-order valence-corrected chi connectivity index (χ2v) is 5.67. The minimum absolute atomic E-state index is 0.0121. The van der Waals surface area contributed by atoms with Crippen molar-refractivity contribution in [3.05, 3.63) is 23.8 Å². The van der Waals surface area contributed by atoms with Crippen molar-refractivity contribution in [1.82, 2.24) is 9.80 Å². The summed E-state index contributed by atoms with van der Waals surface area (Å²) in [6.07, 6.45) is 0.915. The van der Waals surface area contributed by atoms with Crippen LogP contribution in [0.4, 0.5) is 0 Å². The number of amides is 1. The highest BCUT2D eigenvalue weighted by Crippen LogP contribution is 2.24. The number of alkyl halides is 1. The van der Waals surface area contributed by atoms with Crippen LogP contribution in [0.2, 0.25) is 0 Å². The van der Waals surface area contributed by atoms with Gasteiger partial charge in [0.05, 0.1) is 5.56 Å². The van der Waals surface area contributed by atoms with Crippen LogP contribution in [0.1, 0.15) is 16.8 Å². The van der Waals surface area contributed by atoms with Crippen molar-refractivity contribution in [2.24, 2.45) is 0 Å². The molecule has 0 aromatic heterocycles. The average molecular weight is 343 g/mol. The molecule has 1 fully saturated rings. The third kappa shape index (κ3) is 3.64. The molecule has 20 heavy (non-hydrogen) atoms. The molecule has 1 amide bonds. The minimum atomic E-state index is -0.223. The number of carbonyl (C=O) groups is 1. The molecule has 0 saturated carbocycles. The van der Waals surface area contributed by atoms with E-state index in [1.165, 1.54) is 18.2 Å². The third-order valence-corrected chi connectivity index (χ3v) is 3.84. The summed E-state index contributed by atoms with van der Waals surface area (Å²) < 4.78 is 0. The molecule has 6 heteroatoms. The van der Waals surface area contributed by atoms with E-state index in [9.17, 15) is 15.0 Å². The fourth-order valence-electron chi connectivity index (χ4n) is 2.38. The van der Waals surface area contributed by atoms with Gasteiger partial charge in [-0.05, 0) is 31.2 Å². The molecular formula is C14H19BrN2O3. The maximum Gasteiger partial charge on any atom is 0.257 e. The molecule has 0 spiro atoms. The molecule has 1 aliphatic heterocycles. The molecule has 0 bridgehead atoms. The van der Waals surface area contributed by atoms with Crippen molar-refractivity contribution in [1.29, 1.82) is 0 Å². The lowest BCUT2D eigenvalue weighted by Gasteiger charge is -2.22. The van der Waals surface area contributed by atoms with E-state index in [1.54, 1.807) is 4.90 Å². The molecule has 5 nitrogen and oxygen atoms in total. The number of phenolic OH excluding ortho intramolecular Hbond substituents is 2. The summed E-state index contributed by atoms with van der Waals surface area (Å²) in [6, 6.07) is 4.03. The van der Waals surface area contributed by atoms with Gasteiger partial charge in [-0.2, -0.15) is 0 Å². The lowest BCUT2D eigenvalue weighted by Crippen LogP contribution is -2.35. The summed E-state index contributed by atoms with van der Waals surface area (Å²) in [5, 5.41) is 20.1. The standard InChI is InChI=1S/C14H19BrN2O3/c15-4-7-16-5-1-6-17(9-8-16)14(20)12-10-11(18)2-3-13(12)19/h2-3,10,18-19H,1,4-9H2. The molecule has 1 heterocycles. The summed E-state index contributed by atoms with van der Waals surface area (Å²) in [4.78, 5) is 16.5. The summed E-state index contributed by atoms with van der Waals surface area (Å²) >= 11 is 3.43. The number of hydrogen-bond acceptors (Lipinski definition) is 4. The Labute approximate surface area is 126 Å². The zero-order valence-corrected chi connectivity index (χ0v) is 12.8. The molecule has 1 aromatic rings. The molecule has 0 aliphatic carbocycles. The van der Waals surface area contributed by atoms with Crippen molar-refractivity contribution in [3.63, 3.8) is 0 Å². The van der Waals surface area contributed by atoms with Crippen LogP contribution in [0.3, 0.4) is 0 Å². The fraction of sp³-hybridized carbons (Fsp3) is 0.500. The van der Waals surface area contributed by atoms with E-state index in [0.29, 0.717) is 13.1 Å². The first kappa shape index (κ1) is 15.1. The molecule has 0 radical (unpaired) electrons. The van der Waals surface area contributed by atoms with Crippen LogP contribution in [0.5, 0.6) is 11.5 Å². The van der Waals surface area contributed by atoms with E-state index in [0.717, 1.165) is 31.4 Å². The van der Waals surface area contributed by atoms with Gasteiger partial charge in [-0.15, -0.1) is 0 Å². The quantitative estimate of drug-likeness (QED) is 0.647. The Hall–Kier alpha value is -1.27. The van der Waals surface area contributed by atoms with Crippen molar-refractivity contribution < 1.29 is 15.0 Å². The van der Waals surface area contributed by atoms with Gasteiger partial charge in [-0.1, -0.05) is 15.9 Å². The van der Waals surface area contributed by atoms with Crippen LogP contribution >= 0.6 is 15.9 Å². The summed E-state index contributed by atoms with van der Waals surface area (Å²) in [7, 11) is 0. The van der Waals surface area contributed by atoms with E-state index in [-0.39, 0.29) is 23.0 Å². The molecule has 2 N–H and O–H groups in total. The molecule has 110 valence electrons. The van der Waals surface area contributed by atoms with Crippen LogP contribution in [0.15, 0.2) is 18.2 Å². The number of benzene rings is 1. The van der Waals surface area contributed by atoms with E-state index in [1.807, 2.05) is 0 Å². The Kier molecular flexibility index (Phi) is 5.25. The van der Waals surface area contributed by atoms with Gasteiger partial charge in [0.1, 0.15) is 11.5 Å². The predicted octanol–water partition coefficient (Wildman–Crippen LogP) is 1.64. The number of rotatable bonds is 3. The number of aromatic hydroxyl groups is 2. The van der Waals surface area contributed by atoms with Gasteiger partial charge in [0.15, 0.2) is 0 Å². The zero-order chi connectivity index (χ0) is 14.5. The van der Waals surface area contributed by atoms with E-state index in [4.69, 9.17) is 0 Å². The molecule has 1 saturated heterocycles. The number of nitrogens with zero attached hydrogens (tertiary/aromatic N) is 2. The molecule has 1 aromatic carbocycles. The highest BCUT2D eigenvalue weighted by Gasteiger charge is 2.22. The number of phenols is 2. The summed E-state index contributed by atoms with van der Waals surface area (Å²) in [5.74, 6) is -0.324. The molecule has 1 aliphatic rings. The van der Waals surface area contributed by atoms with Crippen molar-refractivity contribution in [2.45, 2.75) is 6.42 Å². The maximum absolute atomic E-state index is 12.4. The second-order valence-electron chi connectivity index (χ2n) is 4.88. The maximum atomic E-state index is 12.4. The van der Waals surface area contributed by atoms with E-state index < -0.39 is 0 Å². The third-order valence-electron chi connectivity index (χ3n) is 3.49. The van der Waals surface area contributed by atoms with Crippen LogP contribution in [0.25, 0.3) is 0 Å². The Bertz CT molecular complexity index is 481. The lowest BCUT2D eigenvalue weighted by atomic mass is 10.1. The second kappa shape index (κ2) is 6.95. The van der Waals surface area contributed by atoms with E-state index in [2.05, 4.69) is 20.8 Å². The smallest absolute Gasteiger partial charge is 0.257 e. The SMILES string of the molecule is O=C(c1cc(O)ccc1O)N1CCCN(CCBr)CC1. The molecule has 2 rings (SSSR count). The van der Waals surface area contributed by atoms with Crippen LogP contribution in [0, 0.1) is 0 Å². The first-order chi connectivity index (χ1) is 9.61. The number of carbonyl (C=O) groups excluding carboxylic acids is 1. The highest BCUT2D eigenvalue weighted by molar-refractivity contribution is 9.09. The topological polar surface area (TPSA) is 64.0 Å². The summed E-state index contributed by atoms with van der Waals surface area (Å²) in [6.45, 7) is 4.09.